The van der Waals surface area contributed by atoms with Crippen molar-refractivity contribution in [3.8, 4) is 34.5 Å². The van der Waals surface area contributed by atoms with Gasteiger partial charge in [-0.05, 0) is 71.8 Å². The van der Waals surface area contributed by atoms with Crippen LogP contribution in [0.5, 0.6) is 34.5 Å². The molecule has 0 saturated carbocycles. The molecule has 8 heteroatoms. The second-order valence-corrected chi connectivity index (χ2v) is 9.74. The van der Waals surface area contributed by atoms with E-state index in [2.05, 4.69) is 13.8 Å². The number of aromatic hydroxyl groups is 2. The van der Waals surface area contributed by atoms with Crippen molar-refractivity contribution in [2.45, 2.75) is 45.2 Å². The van der Waals surface area contributed by atoms with Crippen molar-refractivity contribution in [3.63, 3.8) is 0 Å². The van der Waals surface area contributed by atoms with Gasteiger partial charge in [-0.1, -0.05) is 32.0 Å². The van der Waals surface area contributed by atoms with E-state index >= 15 is 0 Å². The van der Waals surface area contributed by atoms with E-state index in [1.807, 2.05) is 30.3 Å². The first-order valence-corrected chi connectivity index (χ1v) is 12.6. The van der Waals surface area contributed by atoms with Crippen LogP contribution in [-0.2, 0) is 4.74 Å². The van der Waals surface area contributed by atoms with Crippen molar-refractivity contribution in [2.75, 3.05) is 21.3 Å². The normalized spacial score (nSPS) is 22.5. The number of phenolic OH excluding ortho intramolecular Hbond substituents is 2. The third-order valence-electron chi connectivity index (χ3n) is 7.43. The third-order valence-corrected chi connectivity index (χ3v) is 7.43. The van der Waals surface area contributed by atoms with Crippen LogP contribution in [0.2, 0.25) is 0 Å². The summed E-state index contributed by atoms with van der Waals surface area (Å²) >= 11 is 0. The van der Waals surface area contributed by atoms with E-state index in [-0.39, 0.29) is 41.3 Å². The van der Waals surface area contributed by atoms with Gasteiger partial charge >= 0.3 is 0 Å². The number of aliphatic hydroxyl groups is 1. The van der Waals surface area contributed by atoms with Crippen molar-refractivity contribution in [2.24, 2.45) is 11.8 Å². The molecule has 38 heavy (non-hydrogen) atoms. The number of phenols is 2. The highest BCUT2D eigenvalue weighted by molar-refractivity contribution is 5.46. The minimum absolute atomic E-state index is 0.00116. The van der Waals surface area contributed by atoms with Gasteiger partial charge in [0.15, 0.2) is 34.5 Å². The van der Waals surface area contributed by atoms with E-state index in [1.165, 1.54) is 20.3 Å². The number of rotatable bonds is 9. The smallest absolute Gasteiger partial charge is 0.161 e. The van der Waals surface area contributed by atoms with Crippen LogP contribution in [0.25, 0.3) is 0 Å². The zero-order valence-electron chi connectivity index (χ0n) is 22.5. The summed E-state index contributed by atoms with van der Waals surface area (Å²) < 4.78 is 28.7. The molecule has 4 rings (SSSR count). The molecule has 3 aromatic rings. The Bertz CT molecular complexity index is 1260. The van der Waals surface area contributed by atoms with Crippen LogP contribution in [0.3, 0.4) is 0 Å². The molecular formula is C30H36O8. The zero-order chi connectivity index (χ0) is 27.6. The molecule has 0 radical (unpaired) electrons. The molecule has 0 spiro atoms. The molecule has 8 nitrogen and oxygen atoms in total. The first-order chi connectivity index (χ1) is 18.2. The number of hydrogen-bond donors (Lipinski definition) is 3. The third kappa shape index (κ3) is 5.33. The minimum Gasteiger partial charge on any atom is -0.504 e. The van der Waals surface area contributed by atoms with E-state index in [4.69, 9.17) is 23.7 Å². The van der Waals surface area contributed by atoms with Gasteiger partial charge in [0.1, 0.15) is 12.2 Å². The maximum Gasteiger partial charge on any atom is 0.161 e. The van der Waals surface area contributed by atoms with Crippen molar-refractivity contribution < 1.29 is 39.0 Å². The van der Waals surface area contributed by atoms with Gasteiger partial charge in [-0.25, -0.2) is 0 Å². The van der Waals surface area contributed by atoms with Crippen molar-refractivity contribution >= 4 is 0 Å². The number of aliphatic hydroxyl groups excluding tert-OH is 1. The first kappa shape index (κ1) is 27.4. The van der Waals surface area contributed by atoms with Gasteiger partial charge in [-0.3, -0.25) is 0 Å². The van der Waals surface area contributed by atoms with Crippen molar-refractivity contribution in [1.82, 2.24) is 0 Å². The lowest BCUT2D eigenvalue weighted by Gasteiger charge is -2.24. The second kappa shape index (κ2) is 11.4. The molecule has 204 valence electrons. The van der Waals surface area contributed by atoms with Gasteiger partial charge in [0, 0.05) is 0 Å². The van der Waals surface area contributed by atoms with Gasteiger partial charge in [0.25, 0.3) is 0 Å². The molecule has 0 unspecified atom stereocenters. The average molecular weight is 525 g/mol. The molecule has 0 amide bonds. The maximum absolute atomic E-state index is 10.9. The summed E-state index contributed by atoms with van der Waals surface area (Å²) in [4.78, 5) is 0. The maximum atomic E-state index is 10.9. The summed E-state index contributed by atoms with van der Waals surface area (Å²) in [5.41, 5.74) is 2.46. The van der Waals surface area contributed by atoms with Crippen LogP contribution in [0, 0.1) is 11.8 Å². The highest BCUT2D eigenvalue weighted by atomic mass is 16.5. The molecule has 1 fully saturated rings. The Morgan fingerprint density at radius 3 is 1.76 bits per heavy atom. The summed E-state index contributed by atoms with van der Waals surface area (Å²) in [5, 5.41) is 30.7. The summed E-state index contributed by atoms with van der Waals surface area (Å²) in [5.74, 6) is 2.24. The largest absolute Gasteiger partial charge is 0.504 e. The van der Waals surface area contributed by atoms with E-state index in [0.717, 1.165) is 11.1 Å². The van der Waals surface area contributed by atoms with Crippen molar-refractivity contribution in [1.29, 1.82) is 0 Å². The van der Waals surface area contributed by atoms with Gasteiger partial charge in [-0.2, -0.15) is 0 Å². The average Bonchev–Trinajstić information content (AvgIpc) is 3.22. The predicted molar refractivity (Wildman–Crippen MR) is 142 cm³/mol. The van der Waals surface area contributed by atoms with Crippen LogP contribution in [-0.4, -0.2) is 42.8 Å². The van der Waals surface area contributed by atoms with Gasteiger partial charge in [0.05, 0.1) is 33.5 Å². The first-order valence-electron chi connectivity index (χ1n) is 12.6. The standard InChI is InChI=1S/C30H36O8/c1-16-17(2)30(38-29(16)20-8-11-23(32)26(14-20)35-5)21-9-12-24(27(15-21)36-6)37-18(3)28(33)19-7-10-22(31)25(13-19)34-4/h7-18,28-33H,1-6H3/t16-,17-,18+,28+,29-,30+/m1/s1. The molecule has 0 aliphatic carbocycles. The molecular weight excluding hydrogens is 488 g/mol. The lowest BCUT2D eigenvalue weighted by atomic mass is 9.85. The van der Waals surface area contributed by atoms with Crippen LogP contribution in [0.15, 0.2) is 54.6 Å². The van der Waals surface area contributed by atoms with E-state index in [1.54, 1.807) is 32.2 Å². The van der Waals surface area contributed by atoms with Crippen LogP contribution < -0.4 is 18.9 Å². The Morgan fingerprint density at radius 1 is 0.684 bits per heavy atom. The molecule has 3 N–H and O–H groups in total. The molecule has 1 heterocycles. The van der Waals surface area contributed by atoms with E-state index in [9.17, 15) is 15.3 Å². The lowest BCUT2D eigenvalue weighted by molar-refractivity contribution is 0.0284. The Labute approximate surface area is 223 Å². The predicted octanol–water partition coefficient (Wildman–Crippen LogP) is 5.71. The summed E-state index contributed by atoms with van der Waals surface area (Å²) in [6.07, 6.45) is -1.91. The topological polar surface area (TPSA) is 107 Å². The van der Waals surface area contributed by atoms with Gasteiger partial charge in [-0.15, -0.1) is 0 Å². The second-order valence-electron chi connectivity index (χ2n) is 9.74. The minimum atomic E-state index is -0.962. The quantitative estimate of drug-likeness (QED) is 0.327. The Kier molecular flexibility index (Phi) is 8.23. The van der Waals surface area contributed by atoms with E-state index in [0.29, 0.717) is 22.8 Å². The summed E-state index contributed by atoms with van der Waals surface area (Å²) in [6, 6.07) is 15.7. The molecule has 1 saturated heterocycles. The SMILES string of the molecule is COc1cc([C@@H](O)[C@H](C)Oc2ccc([C@H]3O[C@@H](c4ccc(O)c(OC)c4)[C@H](C)[C@H]3C)cc2OC)ccc1O. The molecule has 6 atom stereocenters. The van der Waals surface area contributed by atoms with Crippen molar-refractivity contribution in [3.05, 3.63) is 71.3 Å². The fourth-order valence-electron chi connectivity index (χ4n) is 4.97. The summed E-state index contributed by atoms with van der Waals surface area (Å²) in [7, 11) is 4.56. The molecule has 3 aromatic carbocycles. The van der Waals surface area contributed by atoms with Crippen LogP contribution in [0.1, 0.15) is 55.8 Å². The van der Waals surface area contributed by atoms with Crippen LogP contribution in [0.4, 0.5) is 0 Å². The number of benzene rings is 3. The van der Waals surface area contributed by atoms with Crippen LogP contribution >= 0.6 is 0 Å². The fourth-order valence-corrected chi connectivity index (χ4v) is 4.97. The van der Waals surface area contributed by atoms with Gasteiger partial charge < -0.3 is 39.0 Å². The zero-order valence-corrected chi connectivity index (χ0v) is 22.5. The molecule has 0 aromatic heterocycles. The molecule has 1 aliphatic heterocycles. The number of ether oxygens (including phenoxy) is 5. The Balaban J connectivity index is 1.52. The summed E-state index contributed by atoms with van der Waals surface area (Å²) in [6.45, 7) is 6.08. The molecule has 1 aliphatic rings. The Hall–Kier alpha value is -3.62. The number of methoxy groups -OCH3 is 3. The molecule has 0 bridgehead atoms. The fraction of sp³-hybridized carbons (Fsp3) is 0.400. The lowest BCUT2D eigenvalue weighted by Crippen LogP contribution is -2.22. The van der Waals surface area contributed by atoms with E-state index < -0.39 is 12.2 Å². The highest BCUT2D eigenvalue weighted by Crippen LogP contribution is 2.50. The monoisotopic (exact) mass is 524 g/mol. The highest BCUT2D eigenvalue weighted by Gasteiger charge is 2.41. The van der Waals surface area contributed by atoms with Gasteiger partial charge in [0.2, 0.25) is 0 Å². The Morgan fingerprint density at radius 2 is 1.18 bits per heavy atom. The number of hydrogen-bond acceptors (Lipinski definition) is 8.